The molecule has 0 saturated heterocycles. The second kappa shape index (κ2) is 10.2. The lowest BCUT2D eigenvalue weighted by atomic mass is 10.1. The van der Waals surface area contributed by atoms with Crippen molar-refractivity contribution in [3.8, 4) is 23.0 Å². The summed E-state index contributed by atoms with van der Waals surface area (Å²) in [4.78, 5) is 35.9. The molecule has 4 rings (SSSR count). The molecule has 0 fully saturated rings. The van der Waals surface area contributed by atoms with Crippen LogP contribution >= 0.6 is 0 Å². The van der Waals surface area contributed by atoms with Crippen molar-refractivity contribution >= 4 is 22.6 Å². The number of rotatable bonds is 7. The van der Waals surface area contributed by atoms with E-state index in [9.17, 15) is 32.9 Å². The van der Waals surface area contributed by atoms with E-state index in [4.69, 9.17) is 18.6 Å². The summed E-state index contributed by atoms with van der Waals surface area (Å²) in [6.45, 7) is 3.32. The SMILES string of the molecule is CCOc1ccccc1Oc1c(C(F)(F)F)oc2cc(OC(=O)c3ccc([N+](=O)[O-])c(C)c3)ccc2c1=O. The molecule has 0 aliphatic rings. The van der Waals surface area contributed by atoms with E-state index in [1.807, 2.05) is 0 Å². The number of para-hydroxylation sites is 2. The number of halogens is 3. The Hall–Kier alpha value is -4.87. The highest BCUT2D eigenvalue weighted by Crippen LogP contribution is 2.40. The second-order valence-corrected chi connectivity index (χ2v) is 7.87. The molecule has 0 bridgehead atoms. The normalized spacial score (nSPS) is 11.3. The highest BCUT2D eigenvalue weighted by atomic mass is 19.4. The number of nitrogens with zero attached hydrogens (tertiary/aromatic N) is 1. The minimum Gasteiger partial charge on any atom is -0.490 e. The van der Waals surface area contributed by atoms with Gasteiger partial charge in [-0.3, -0.25) is 14.9 Å². The molecule has 0 unspecified atom stereocenters. The fraction of sp³-hybridized carbons (Fsp3) is 0.154. The van der Waals surface area contributed by atoms with Crippen LogP contribution in [0.25, 0.3) is 11.0 Å². The minimum atomic E-state index is -5.10. The summed E-state index contributed by atoms with van der Waals surface area (Å²) in [7, 11) is 0. The maximum Gasteiger partial charge on any atom is 0.453 e. The van der Waals surface area contributed by atoms with Crippen molar-refractivity contribution < 1.29 is 41.5 Å². The van der Waals surface area contributed by atoms with Crippen LogP contribution < -0.4 is 19.6 Å². The molecule has 0 aliphatic carbocycles. The summed E-state index contributed by atoms with van der Waals surface area (Å²) in [6, 6.07) is 12.7. The number of hydrogen-bond acceptors (Lipinski definition) is 8. The van der Waals surface area contributed by atoms with Crippen molar-refractivity contribution in [1.82, 2.24) is 0 Å². The van der Waals surface area contributed by atoms with Crippen LogP contribution in [0, 0.1) is 17.0 Å². The molecular formula is C26H18F3NO8. The van der Waals surface area contributed by atoms with Crippen molar-refractivity contribution in [2.24, 2.45) is 0 Å². The van der Waals surface area contributed by atoms with E-state index in [0.717, 1.165) is 18.2 Å². The largest absolute Gasteiger partial charge is 0.490 e. The van der Waals surface area contributed by atoms with Gasteiger partial charge in [0.2, 0.25) is 11.2 Å². The lowest BCUT2D eigenvalue weighted by Crippen LogP contribution is -2.16. The van der Waals surface area contributed by atoms with Crippen molar-refractivity contribution in [3.63, 3.8) is 0 Å². The fourth-order valence-corrected chi connectivity index (χ4v) is 3.57. The standard InChI is InChI=1S/C26H18F3NO8/c1-3-35-19-6-4-5-7-20(19)37-23-22(31)17-10-9-16(13-21(17)38-24(23)26(27,28)29)36-25(32)15-8-11-18(30(33)34)14(2)12-15/h4-13H,3H2,1-2H3. The molecular weight excluding hydrogens is 511 g/mol. The van der Waals surface area contributed by atoms with E-state index >= 15 is 0 Å². The molecule has 4 aromatic rings. The predicted octanol–water partition coefficient (Wildman–Crippen LogP) is 6.44. The highest BCUT2D eigenvalue weighted by molar-refractivity contribution is 5.92. The molecule has 1 aromatic heterocycles. The quantitative estimate of drug-likeness (QED) is 0.116. The Balaban J connectivity index is 1.73. The minimum absolute atomic E-state index is 0.0256. The molecule has 0 spiro atoms. The van der Waals surface area contributed by atoms with Gasteiger partial charge in [-0.05, 0) is 50.2 Å². The van der Waals surface area contributed by atoms with Gasteiger partial charge in [0.05, 0.1) is 22.5 Å². The zero-order chi connectivity index (χ0) is 27.6. The number of ether oxygens (including phenoxy) is 3. The van der Waals surface area contributed by atoms with Crippen molar-refractivity contribution in [2.45, 2.75) is 20.0 Å². The van der Waals surface area contributed by atoms with E-state index < -0.39 is 39.6 Å². The molecule has 196 valence electrons. The second-order valence-electron chi connectivity index (χ2n) is 7.87. The molecule has 12 heteroatoms. The third kappa shape index (κ3) is 5.28. The van der Waals surface area contributed by atoms with E-state index in [1.54, 1.807) is 13.0 Å². The summed E-state index contributed by atoms with van der Waals surface area (Å²) in [5.74, 6) is -3.89. The number of carbonyl (C=O) groups excluding carboxylic acids is 1. The molecule has 9 nitrogen and oxygen atoms in total. The lowest BCUT2D eigenvalue weighted by molar-refractivity contribution is -0.385. The van der Waals surface area contributed by atoms with E-state index in [-0.39, 0.29) is 46.1 Å². The monoisotopic (exact) mass is 529 g/mol. The number of fused-ring (bicyclic) bond motifs is 1. The number of nitro benzene ring substituents is 1. The van der Waals surface area contributed by atoms with Crippen molar-refractivity contribution in [1.29, 1.82) is 0 Å². The zero-order valence-corrected chi connectivity index (χ0v) is 19.8. The number of alkyl halides is 3. The molecule has 0 atom stereocenters. The first-order chi connectivity index (χ1) is 18.0. The number of hydrogen-bond donors (Lipinski definition) is 0. The third-order valence-electron chi connectivity index (χ3n) is 5.28. The van der Waals surface area contributed by atoms with Crippen LogP contribution in [0.3, 0.4) is 0 Å². The van der Waals surface area contributed by atoms with Crippen molar-refractivity contribution in [3.05, 3.63) is 97.9 Å². The maximum absolute atomic E-state index is 13.9. The Morgan fingerprint density at radius 2 is 1.76 bits per heavy atom. The van der Waals surface area contributed by atoms with Gasteiger partial charge in [-0.2, -0.15) is 13.2 Å². The number of nitro groups is 1. The van der Waals surface area contributed by atoms with Crippen LogP contribution in [-0.4, -0.2) is 17.5 Å². The first-order valence-electron chi connectivity index (χ1n) is 11.0. The van der Waals surface area contributed by atoms with Crippen LogP contribution in [0.4, 0.5) is 18.9 Å². The maximum atomic E-state index is 13.9. The zero-order valence-electron chi connectivity index (χ0n) is 19.8. The summed E-state index contributed by atoms with van der Waals surface area (Å²) in [6.07, 6.45) is -5.10. The van der Waals surface area contributed by atoms with Crippen LogP contribution in [0.1, 0.15) is 28.6 Å². The number of carbonyl (C=O) groups is 1. The van der Waals surface area contributed by atoms with E-state index in [1.165, 1.54) is 43.3 Å². The third-order valence-corrected chi connectivity index (χ3v) is 5.28. The fourth-order valence-electron chi connectivity index (χ4n) is 3.57. The van der Waals surface area contributed by atoms with Gasteiger partial charge in [-0.1, -0.05) is 12.1 Å². The summed E-state index contributed by atoms with van der Waals surface area (Å²) in [5.41, 5.74) is -1.62. The molecule has 3 aromatic carbocycles. The molecule has 0 N–H and O–H groups in total. The summed E-state index contributed by atoms with van der Waals surface area (Å²) in [5, 5.41) is 10.7. The van der Waals surface area contributed by atoms with Gasteiger partial charge < -0.3 is 18.6 Å². The highest BCUT2D eigenvalue weighted by Gasteiger charge is 2.41. The van der Waals surface area contributed by atoms with Gasteiger partial charge in [0.15, 0.2) is 11.5 Å². The first kappa shape index (κ1) is 26.2. The van der Waals surface area contributed by atoms with Gasteiger partial charge in [0, 0.05) is 17.7 Å². The van der Waals surface area contributed by atoms with E-state index in [0.29, 0.717) is 0 Å². The Labute approximate surface area is 212 Å². The first-order valence-corrected chi connectivity index (χ1v) is 11.0. The smallest absolute Gasteiger partial charge is 0.453 e. The molecule has 38 heavy (non-hydrogen) atoms. The molecule has 0 amide bonds. The van der Waals surface area contributed by atoms with Crippen LogP contribution in [0.5, 0.6) is 23.0 Å². The topological polar surface area (TPSA) is 118 Å². The van der Waals surface area contributed by atoms with Crippen molar-refractivity contribution in [2.75, 3.05) is 6.61 Å². The van der Waals surface area contributed by atoms with Gasteiger partial charge in [0.1, 0.15) is 11.3 Å². The van der Waals surface area contributed by atoms with Gasteiger partial charge in [0.25, 0.3) is 11.4 Å². The Morgan fingerprint density at radius 3 is 2.39 bits per heavy atom. The summed E-state index contributed by atoms with van der Waals surface area (Å²) < 4.78 is 62.6. The van der Waals surface area contributed by atoms with Crippen LogP contribution in [0.15, 0.2) is 69.9 Å². The van der Waals surface area contributed by atoms with Gasteiger partial charge in [-0.25, -0.2) is 4.79 Å². The lowest BCUT2D eigenvalue weighted by Gasteiger charge is -2.15. The number of aryl methyl sites for hydroxylation is 1. The Kier molecular flexibility index (Phi) is 7.06. The predicted molar refractivity (Wildman–Crippen MR) is 128 cm³/mol. The average Bonchev–Trinajstić information content (AvgIpc) is 2.85. The molecule has 0 aliphatic heterocycles. The number of benzene rings is 3. The van der Waals surface area contributed by atoms with E-state index in [2.05, 4.69) is 0 Å². The number of esters is 1. The van der Waals surface area contributed by atoms with Gasteiger partial charge in [-0.15, -0.1) is 0 Å². The van der Waals surface area contributed by atoms with Crippen LogP contribution in [-0.2, 0) is 6.18 Å². The van der Waals surface area contributed by atoms with Crippen LogP contribution in [0.2, 0.25) is 0 Å². The van der Waals surface area contributed by atoms with Gasteiger partial charge >= 0.3 is 12.1 Å². The average molecular weight is 529 g/mol. The molecule has 0 saturated carbocycles. The summed E-state index contributed by atoms with van der Waals surface area (Å²) >= 11 is 0. The molecule has 1 heterocycles. The molecule has 0 radical (unpaired) electrons. The Morgan fingerprint density at radius 1 is 1.05 bits per heavy atom. The Bertz CT molecular complexity index is 1610.